The van der Waals surface area contributed by atoms with Gasteiger partial charge in [-0.2, -0.15) is 13.2 Å². The average Bonchev–Trinajstić information content (AvgIpc) is 2.76. The highest BCUT2D eigenvalue weighted by Gasteiger charge is 2.34. The molecule has 1 aliphatic rings. The molecule has 0 aliphatic carbocycles. The highest BCUT2D eigenvalue weighted by Crippen LogP contribution is 2.29. The lowest BCUT2D eigenvalue weighted by Crippen LogP contribution is -2.27. The van der Waals surface area contributed by atoms with E-state index >= 15 is 0 Å². The molecule has 0 spiro atoms. The molecule has 2 N–H and O–H groups in total. The number of hydrogen-bond acceptors (Lipinski definition) is 5. The Morgan fingerprint density at radius 1 is 1.47 bits per heavy atom. The summed E-state index contributed by atoms with van der Waals surface area (Å²) in [5.41, 5.74) is 3.83. The van der Waals surface area contributed by atoms with E-state index in [2.05, 4.69) is 9.97 Å². The summed E-state index contributed by atoms with van der Waals surface area (Å²) in [6.45, 7) is 0.673. The van der Waals surface area contributed by atoms with Crippen LogP contribution < -0.4 is 10.6 Å². The number of halogens is 3. The Balaban J connectivity index is 2.09. The van der Waals surface area contributed by atoms with E-state index in [1.165, 1.54) is 6.20 Å². The van der Waals surface area contributed by atoms with Crippen LogP contribution in [0.2, 0.25) is 0 Å². The summed E-state index contributed by atoms with van der Waals surface area (Å²) in [4.78, 5) is 19.2. The van der Waals surface area contributed by atoms with Gasteiger partial charge in [0, 0.05) is 13.0 Å². The quantitative estimate of drug-likeness (QED) is 0.876. The van der Waals surface area contributed by atoms with Crippen molar-refractivity contribution in [3.63, 3.8) is 0 Å². The SMILES string of the molecule is NC(=O)OC1CCN(c2cncc(C(F)(F)F)n2)C1. The lowest BCUT2D eigenvalue weighted by atomic mass is 10.3. The summed E-state index contributed by atoms with van der Waals surface area (Å²) < 4.78 is 42.3. The molecule has 0 radical (unpaired) electrons. The van der Waals surface area contributed by atoms with Crippen LogP contribution in [0.1, 0.15) is 12.1 Å². The number of ether oxygens (including phenoxy) is 1. The second-order valence-electron chi connectivity index (χ2n) is 4.05. The second kappa shape index (κ2) is 4.90. The van der Waals surface area contributed by atoms with Crippen molar-refractivity contribution in [2.75, 3.05) is 18.0 Å². The van der Waals surface area contributed by atoms with E-state index in [9.17, 15) is 18.0 Å². The van der Waals surface area contributed by atoms with Gasteiger partial charge in [0.15, 0.2) is 5.69 Å². The van der Waals surface area contributed by atoms with Gasteiger partial charge in [-0.05, 0) is 0 Å². The van der Waals surface area contributed by atoms with Crippen molar-refractivity contribution in [1.29, 1.82) is 0 Å². The Hall–Kier alpha value is -2.06. The first-order valence-corrected chi connectivity index (χ1v) is 5.46. The topological polar surface area (TPSA) is 81.3 Å². The zero-order chi connectivity index (χ0) is 14.0. The van der Waals surface area contributed by atoms with E-state index in [1.54, 1.807) is 4.90 Å². The van der Waals surface area contributed by atoms with Gasteiger partial charge in [-0.1, -0.05) is 0 Å². The first-order valence-electron chi connectivity index (χ1n) is 5.46. The molecule has 0 bridgehead atoms. The van der Waals surface area contributed by atoms with Gasteiger partial charge < -0.3 is 15.4 Å². The molecular weight excluding hydrogens is 265 g/mol. The number of primary amides is 1. The zero-order valence-electron chi connectivity index (χ0n) is 9.72. The number of rotatable bonds is 2. The molecular formula is C10H11F3N4O2. The summed E-state index contributed by atoms with van der Waals surface area (Å²) in [6, 6.07) is 0. The predicted molar refractivity (Wildman–Crippen MR) is 58.3 cm³/mol. The minimum atomic E-state index is -4.54. The molecule has 1 unspecified atom stereocenters. The first-order chi connectivity index (χ1) is 8.86. The maximum Gasteiger partial charge on any atom is 0.434 e. The van der Waals surface area contributed by atoms with Crippen molar-refractivity contribution in [2.24, 2.45) is 5.73 Å². The number of nitrogens with zero attached hydrogens (tertiary/aromatic N) is 3. The Kier molecular flexibility index (Phi) is 3.45. The van der Waals surface area contributed by atoms with Gasteiger partial charge in [-0.25, -0.2) is 9.78 Å². The van der Waals surface area contributed by atoms with Crippen LogP contribution in [0.4, 0.5) is 23.8 Å². The Morgan fingerprint density at radius 2 is 2.21 bits per heavy atom. The Bertz CT molecular complexity index is 480. The number of nitrogens with two attached hydrogens (primary N) is 1. The molecule has 19 heavy (non-hydrogen) atoms. The van der Waals surface area contributed by atoms with Crippen LogP contribution in [0.25, 0.3) is 0 Å². The fourth-order valence-electron chi connectivity index (χ4n) is 1.84. The monoisotopic (exact) mass is 276 g/mol. The summed E-state index contributed by atoms with van der Waals surface area (Å²) in [7, 11) is 0. The van der Waals surface area contributed by atoms with Gasteiger partial charge >= 0.3 is 12.3 Å². The molecule has 6 nitrogen and oxygen atoms in total. The summed E-state index contributed by atoms with van der Waals surface area (Å²) in [5, 5.41) is 0. The summed E-state index contributed by atoms with van der Waals surface area (Å²) >= 11 is 0. The minimum Gasteiger partial charge on any atom is -0.444 e. The lowest BCUT2D eigenvalue weighted by molar-refractivity contribution is -0.141. The third kappa shape index (κ3) is 3.24. The van der Waals surface area contributed by atoms with Crippen molar-refractivity contribution in [3.05, 3.63) is 18.1 Å². The van der Waals surface area contributed by atoms with Gasteiger partial charge in [0.1, 0.15) is 11.9 Å². The van der Waals surface area contributed by atoms with E-state index in [0.717, 1.165) is 0 Å². The number of carbonyl (C=O) groups excluding carboxylic acids is 1. The lowest BCUT2D eigenvalue weighted by Gasteiger charge is -2.17. The van der Waals surface area contributed by atoms with Crippen molar-refractivity contribution < 1.29 is 22.7 Å². The number of hydrogen-bond donors (Lipinski definition) is 1. The number of aromatic nitrogens is 2. The van der Waals surface area contributed by atoms with Crippen LogP contribution in [0.3, 0.4) is 0 Å². The van der Waals surface area contributed by atoms with Gasteiger partial charge in [-0.15, -0.1) is 0 Å². The predicted octanol–water partition coefficient (Wildman–Crippen LogP) is 1.17. The molecule has 1 atom stereocenters. The van der Waals surface area contributed by atoms with Crippen LogP contribution in [0.15, 0.2) is 12.4 Å². The van der Waals surface area contributed by atoms with Crippen LogP contribution in [0.5, 0.6) is 0 Å². The molecule has 1 aromatic rings. The molecule has 104 valence electrons. The third-order valence-corrected chi connectivity index (χ3v) is 2.66. The van der Waals surface area contributed by atoms with Crippen LogP contribution in [0, 0.1) is 0 Å². The normalized spacial score (nSPS) is 19.5. The van der Waals surface area contributed by atoms with E-state index in [-0.39, 0.29) is 12.4 Å². The number of amides is 1. The largest absolute Gasteiger partial charge is 0.444 e. The van der Waals surface area contributed by atoms with Crippen molar-refractivity contribution in [3.8, 4) is 0 Å². The van der Waals surface area contributed by atoms with Crippen LogP contribution in [-0.2, 0) is 10.9 Å². The minimum absolute atomic E-state index is 0.102. The highest BCUT2D eigenvalue weighted by atomic mass is 19.4. The fraction of sp³-hybridized carbons (Fsp3) is 0.500. The third-order valence-electron chi connectivity index (χ3n) is 2.66. The van der Waals surface area contributed by atoms with Crippen molar-refractivity contribution in [1.82, 2.24) is 9.97 Å². The van der Waals surface area contributed by atoms with Gasteiger partial charge in [0.2, 0.25) is 0 Å². The van der Waals surface area contributed by atoms with E-state index in [1.807, 2.05) is 0 Å². The molecule has 1 amide bonds. The van der Waals surface area contributed by atoms with Gasteiger partial charge in [-0.3, -0.25) is 4.98 Å². The molecule has 0 saturated carbocycles. The molecule has 2 rings (SSSR count). The van der Waals surface area contributed by atoms with Crippen molar-refractivity contribution in [2.45, 2.75) is 18.7 Å². The Morgan fingerprint density at radius 3 is 2.84 bits per heavy atom. The highest BCUT2D eigenvalue weighted by molar-refractivity contribution is 5.65. The molecule has 9 heteroatoms. The summed E-state index contributed by atoms with van der Waals surface area (Å²) in [6.07, 6.45) is -3.48. The molecule has 1 saturated heterocycles. The first kappa shape index (κ1) is 13.4. The van der Waals surface area contributed by atoms with Crippen molar-refractivity contribution >= 4 is 11.9 Å². The number of alkyl halides is 3. The standard InChI is InChI=1S/C10H11F3N4O2/c11-10(12,13)7-3-15-4-8(16-7)17-2-1-6(5-17)19-9(14)18/h3-4,6H,1-2,5H2,(H2,14,18). The van der Waals surface area contributed by atoms with E-state index in [0.29, 0.717) is 19.2 Å². The van der Waals surface area contributed by atoms with E-state index in [4.69, 9.17) is 10.5 Å². The maximum atomic E-state index is 12.5. The Labute approximate surface area is 106 Å². The average molecular weight is 276 g/mol. The van der Waals surface area contributed by atoms with Crippen LogP contribution >= 0.6 is 0 Å². The molecule has 1 aliphatic heterocycles. The second-order valence-corrected chi connectivity index (χ2v) is 4.05. The zero-order valence-corrected chi connectivity index (χ0v) is 9.72. The number of carbonyl (C=O) groups is 1. The van der Waals surface area contributed by atoms with Gasteiger partial charge in [0.05, 0.1) is 18.9 Å². The summed E-state index contributed by atoms with van der Waals surface area (Å²) in [5.74, 6) is 0.102. The number of anilines is 1. The van der Waals surface area contributed by atoms with E-state index < -0.39 is 24.1 Å². The molecule has 1 fully saturated rings. The molecule has 0 aromatic carbocycles. The van der Waals surface area contributed by atoms with Crippen LogP contribution in [-0.4, -0.2) is 35.3 Å². The van der Waals surface area contributed by atoms with Gasteiger partial charge in [0.25, 0.3) is 0 Å². The maximum absolute atomic E-state index is 12.5. The smallest absolute Gasteiger partial charge is 0.434 e. The fourth-order valence-corrected chi connectivity index (χ4v) is 1.84. The molecule has 2 heterocycles. The molecule has 1 aromatic heterocycles.